The quantitative estimate of drug-likeness (QED) is 0.206. The van der Waals surface area contributed by atoms with Gasteiger partial charge in [-0.15, -0.1) is 0 Å². The number of hydrogen-bond acceptors (Lipinski definition) is 2. The second-order valence-electron chi connectivity index (χ2n) is 7.73. The van der Waals surface area contributed by atoms with E-state index in [1.807, 2.05) is 7.05 Å². The van der Waals surface area contributed by atoms with Crippen LogP contribution in [0.1, 0.15) is 122 Å². The number of unbranched alkanes of at least 4 members (excludes halogenated alkanes) is 16. The van der Waals surface area contributed by atoms with Crippen LogP contribution < -0.4 is 5.32 Å². The minimum atomic E-state index is 0.945. The summed E-state index contributed by atoms with van der Waals surface area (Å²) in [6.45, 7) is 5.32. The molecule has 2 heteroatoms. The Morgan fingerprint density at radius 3 is 1.24 bits per heavy atom. The molecule has 0 aromatic heterocycles. The maximum atomic E-state index is 5.67. The van der Waals surface area contributed by atoms with Crippen LogP contribution in [-0.2, 0) is 4.74 Å². The van der Waals surface area contributed by atoms with Gasteiger partial charge in [-0.3, -0.25) is 0 Å². The molecule has 0 aliphatic carbocycles. The second-order valence-corrected chi connectivity index (χ2v) is 7.73. The summed E-state index contributed by atoms with van der Waals surface area (Å²) in [5.41, 5.74) is 0. The van der Waals surface area contributed by atoms with Crippen molar-refractivity contribution < 1.29 is 4.74 Å². The van der Waals surface area contributed by atoms with Gasteiger partial charge in [0.15, 0.2) is 0 Å². The molecule has 0 amide bonds. The lowest BCUT2D eigenvalue weighted by atomic mass is 10.0. The predicted octanol–water partition coefficient (Wildman–Crippen LogP) is 7.26. The van der Waals surface area contributed by atoms with Crippen molar-refractivity contribution in [1.82, 2.24) is 5.32 Å². The van der Waals surface area contributed by atoms with Gasteiger partial charge in [-0.2, -0.15) is 0 Å². The van der Waals surface area contributed by atoms with Gasteiger partial charge in [-0.1, -0.05) is 103 Å². The minimum Gasteiger partial charge on any atom is -0.381 e. The molecule has 0 aromatic carbocycles. The number of rotatable bonds is 22. The van der Waals surface area contributed by atoms with E-state index in [4.69, 9.17) is 4.74 Å². The highest BCUT2D eigenvalue weighted by Gasteiger charge is 1.95. The smallest absolute Gasteiger partial charge is 0.0466 e. The highest BCUT2D eigenvalue weighted by molar-refractivity contribution is 4.50. The number of ether oxygens (including phenoxy) is 1. The fraction of sp³-hybridized carbons (Fsp3) is 1.00. The maximum absolute atomic E-state index is 5.67. The molecule has 0 aromatic rings. The molecule has 2 nitrogen and oxygen atoms in total. The first-order chi connectivity index (χ1) is 12.4. The molecule has 0 rings (SSSR count). The molecule has 0 saturated carbocycles. The second kappa shape index (κ2) is 23.9. The van der Waals surface area contributed by atoms with E-state index >= 15 is 0 Å². The summed E-state index contributed by atoms with van der Waals surface area (Å²) in [6, 6.07) is 0. The van der Waals surface area contributed by atoms with Gasteiger partial charge in [-0.05, 0) is 32.9 Å². The molecular weight excluding hydrogens is 306 g/mol. The van der Waals surface area contributed by atoms with Gasteiger partial charge < -0.3 is 10.1 Å². The van der Waals surface area contributed by atoms with Crippen LogP contribution >= 0.6 is 0 Å². The van der Waals surface area contributed by atoms with E-state index < -0.39 is 0 Å². The van der Waals surface area contributed by atoms with Crippen molar-refractivity contribution in [2.45, 2.75) is 122 Å². The molecule has 1 N–H and O–H groups in total. The minimum absolute atomic E-state index is 0.945. The Labute approximate surface area is 159 Å². The van der Waals surface area contributed by atoms with Crippen molar-refractivity contribution in [3.63, 3.8) is 0 Å². The van der Waals surface area contributed by atoms with Crippen molar-refractivity contribution in [3.8, 4) is 0 Å². The lowest BCUT2D eigenvalue weighted by molar-refractivity contribution is 0.126. The van der Waals surface area contributed by atoms with E-state index in [0.717, 1.165) is 19.8 Å². The summed E-state index contributed by atoms with van der Waals surface area (Å²) in [5.74, 6) is 0. The molecule has 25 heavy (non-hydrogen) atoms. The molecule has 0 unspecified atom stereocenters. The van der Waals surface area contributed by atoms with Gasteiger partial charge in [0.1, 0.15) is 0 Å². The van der Waals surface area contributed by atoms with Crippen molar-refractivity contribution in [2.24, 2.45) is 0 Å². The molecule has 0 saturated heterocycles. The molecule has 0 radical (unpaired) electrons. The normalized spacial score (nSPS) is 11.3. The summed E-state index contributed by atoms with van der Waals surface area (Å²) in [5, 5.41) is 3.17. The first kappa shape index (κ1) is 24.9. The van der Waals surface area contributed by atoms with Crippen LogP contribution in [0.5, 0.6) is 0 Å². The zero-order chi connectivity index (χ0) is 18.3. The first-order valence-corrected chi connectivity index (χ1v) is 11.6. The highest BCUT2D eigenvalue weighted by Crippen LogP contribution is 2.13. The Morgan fingerprint density at radius 1 is 0.480 bits per heavy atom. The van der Waals surface area contributed by atoms with Gasteiger partial charge in [0.2, 0.25) is 0 Å². The Balaban J connectivity index is 2.94. The zero-order valence-electron chi connectivity index (χ0n) is 17.8. The molecule has 0 spiro atoms. The fourth-order valence-electron chi connectivity index (χ4n) is 3.36. The van der Waals surface area contributed by atoms with Gasteiger partial charge in [0.05, 0.1) is 0 Å². The van der Waals surface area contributed by atoms with E-state index in [0.29, 0.717) is 0 Å². The van der Waals surface area contributed by atoms with Crippen LogP contribution in [-0.4, -0.2) is 26.8 Å². The Bertz CT molecular complexity index is 198. The monoisotopic (exact) mass is 355 g/mol. The Kier molecular flexibility index (Phi) is 23.8. The van der Waals surface area contributed by atoms with Gasteiger partial charge in [-0.25, -0.2) is 0 Å². The predicted molar refractivity (Wildman–Crippen MR) is 114 cm³/mol. The fourth-order valence-corrected chi connectivity index (χ4v) is 3.36. The van der Waals surface area contributed by atoms with Crippen molar-refractivity contribution in [3.05, 3.63) is 0 Å². The summed E-state index contributed by atoms with van der Waals surface area (Å²) in [7, 11) is 2.01. The zero-order valence-corrected chi connectivity index (χ0v) is 17.8. The van der Waals surface area contributed by atoms with Crippen LogP contribution in [0.4, 0.5) is 0 Å². The molecule has 0 atom stereocenters. The summed E-state index contributed by atoms with van der Waals surface area (Å²) < 4.78 is 5.67. The lowest BCUT2D eigenvalue weighted by Gasteiger charge is -2.05. The topological polar surface area (TPSA) is 21.3 Å². The molecule has 0 aliphatic rings. The van der Waals surface area contributed by atoms with E-state index in [1.165, 1.54) is 116 Å². The van der Waals surface area contributed by atoms with Crippen molar-refractivity contribution >= 4 is 0 Å². The van der Waals surface area contributed by atoms with Crippen LogP contribution in [0.3, 0.4) is 0 Å². The van der Waals surface area contributed by atoms with Gasteiger partial charge in [0.25, 0.3) is 0 Å². The SMILES string of the molecule is CCCCCCCCCCCCCCCCCCOCCCCNC. The summed E-state index contributed by atoms with van der Waals surface area (Å²) in [4.78, 5) is 0. The van der Waals surface area contributed by atoms with Crippen LogP contribution in [0.25, 0.3) is 0 Å². The van der Waals surface area contributed by atoms with E-state index in [2.05, 4.69) is 12.2 Å². The summed E-state index contributed by atoms with van der Waals surface area (Å²) >= 11 is 0. The standard InChI is InChI=1S/C23H49NO/c1-3-4-5-6-7-8-9-10-11-12-13-14-15-16-17-19-22-25-23-20-18-21-24-2/h24H,3-23H2,1-2H3. The third kappa shape index (κ3) is 23.9. The Morgan fingerprint density at radius 2 is 0.840 bits per heavy atom. The van der Waals surface area contributed by atoms with Crippen molar-refractivity contribution in [1.29, 1.82) is 0 Å². The average molecular weight is 356 g/mol. The number of nitrogens with one attached hydrogen (secondary N) is 1. The third-order valence-electron chi connectivity index (χ3n) is 5.11. The Hall–Kier alpha value is -0.0800. The largest absolute Gasteiger partial charge is 0.381 e. The lowest BCUT2D eigenvalue weighted by Crippen LogP contribution is -2.08. The van der Waals surface area contributed by atoms with Gasteiger partial charge >= 0.3 is 0 Å². The van der Waals surface area contributed by atoms with E-state index in [-0.39, 0.29) is 0 Å². The van der Waals surface area contributed by atoms with Crippen LogP contribution in [0.15, 0.2) is 0 Å². The maximum Gasteiger partial charge on any atom is 0.0466 e. The number of hydrogen-bond donors (Lipinski definition) is 1. The molecule has 0 heterocycles. The third-order valence-corrected chi connectivity index (χ3v) is 5.11. The molecule has 152 valence electrons. The van der Waals surface area contributed by atoms with Crippen LogP contribution in [0, 0.1) is 0 Å². The molecule has 0 fully saturated rings. The van der Waals surface area contributed by atoms with Crippen LogP contribution in [0.2, 0.25) is 0 Å². The van der Waals surface area contributed by atoms with E-state index in [9.17, 15) is 0 Å². The summed E-state index contributed by atoms with van der Waals surface area (Å²) in [6.07, 6.45) is 25.3. The van der Waals surface area contributed by atoms with Crippen molar-refractivity contribution in [2.75, 3.05) is 26.8 Å². The molecule has 0 aliphatic heterocycles. The average Bonchev–Trinajstić information content (AvgIpc) is 2.63. The first-order valence-electron chi connectivity index (χ1n) is 11.6. The molecular formula is C23H49NO. The highest BCUT2D eigenvalue weighted by atomic mass is 16.5. The van der Waals surface area contributed by atoms with E-state index in [1.54, 1.807) is 0 Å². The van der Waals surface area contributed by atoms with Gasteiger partial charge in [0, 0.05) is 13.2 Å². The molecule has 0 bridgehead atoms.